The summed E-state index contributed by atoms with van der Waals surface area (Å²) in [5.74, 6) is -1.03. The lowest BCUT2D eigenvalue weighted by molar-refractivity contribution is -0.143. The molecule has 0 bridgehead atoms. The van der Waals surface area contributed by atoms with Gasteiger partial charge < -0.3 is 9.47 Å². The first-order chi connectivity index (χ1) is 8.51. The van der Waals surface area contributed by atoms with Crippen LogP contribution in [-0.2, 0) is 9.53 Å². The second-order valence-electron chi connectivity index (χ2n) is 4.37. The Morgan fingerprint density at radius 2 is 2.06 bits per heavy atom. The predicted molar refractivity (Wildman–Crippen MR) is 67.2 cm³/mol. The van der Waals surface area contributed by atoms with E-state index < -0.39 is 11.7 Å². The minimum atomic E-state index is -0.458. The number of hydrogen-bond acceptors (Lipinski definition) is 3. The molecule has 0 heterocycles. The van der Waals surface area contributed by atoms with Crippen LogP contribution >= 0.6 is 0 Å². The van der Waals surface area contributed by atoms with Gasteiger partial charge in [0, 0.05) is 0 Å². The maximum atomic E-state index is 13.8. The molecule has 0 aliphatic carbocycles. The number of esters is 1. The minimum absolute atomic E-state index is 0.0368. The molecular formula is C14H19FO3. The number of methoxy groups -OCH3 is 1. The van der Waals surface area contributed by atoms with Crippen molar-refractivity contribution in [1.82, 2.24) is 0 Å². The highest BCUT2D eigenvalue weighted by Crippen LogP contribution is 2.29. The molecule has 100 valence electrons. The fourth-order valence-electron chi connectivity index (χ4n) is 1.90. The third-order valence-electron chi connectivity index (χ3n) is 2.74. The average Bonchev–Trinajstić information content (AvgIpc) is 2.32. The zero-order valence-electron chi connectivity index (χ0n) is 11.2. The SMILES string of the molecule is CCOc1ccc(C(C(=O)OC)C(C)C)cc1F. The molecule has 1 atom stereocenters. The monoisotopic (exact) mass is 254 g/mol. The van der Waals surface area contributed by atoms with Gasteiger partial charge in [-0.15, -0.1) is 0 Å². The molecule has 1 unspecified atom stereocenters. The maximum absolute atomic E-state index is 13.8. The Bertz CT molecular complexity index is 416. The molecule has 1 aromatic carbocycles. The van der Waals surface area contributed by atoms with E-state index in [9.17, 15) is 9.18 Å². The Morgan fingerprint density at radius 3 is 2.50 bits per heavy atom. The van der Waals surface area contributed by atoms with Gasteiger partial charge in [0.15, 0.2) is 11.6 Å². The minimum Gasteiger partial charge on any atom is -0.491 e. The van der Waals surface area contributed by atoms with Crippen molar-refractivity contribution in [1.29, 1.82) is 0 Å². The lowest BCUT2D eigenvalue weighted by Gasteiger charge is -2.19. The molecule has 0 N–H and O–H groups in total. The number of ether oxygens (including phenoxy) is 2. The van der Waals surface area contributed by atoms with Gasteiger partial charge in [-0.05, 0) is 30.5 Å². The number of rotatable bonds is 5. The quantitative estimate of drug-likeness (QED) is 0.757. The highest BCUT2D eigenvalue weighted by atomic mass is 19.1. The largest absolute Gasteiger partial charge is 0.491 e. The summed E-state index contributed by atoms with van der Waals surface area (Å²) in [6, 6.07) is 4.59. The van der Waals surface area contributed by atoms with Crippen molar-refractivity contribution in [3.63, 3.8) is 0 Å². The molecule has 0 radical (unpaired) electrons. The van der Waals surface area contributed by atoms with E-state index in [2.05, 4.69) is 0 Å². The highest BCUT2D eigenvalue weighted by Gasteiger charge is 2.25. The third kappa shape index (κ3) is 3.22. The van der Waals surface area contributed by atoms with Gasteiger partial charge in [0.05, 0.1) is 19.6 Å². The molecule has 1 rings (SSSR count). The van der Waals surface area contributed by atoms with E-state index in [4.69, 9.17) is 9.47 Å². The summed E-state index contributed by atoms with van der Waals surface area (Å²) in [5.41, 5.74) is 0.609. The first-order valence-electron chi connectivity index (χ1n) is 6.01. The number of halogens is 1. The van der Waals surface area contributed by atoms with Crippen molar-refractivity contribution in [3.8, 4) is 5.75 Å². The number of carbonyl (C=O) groups is 1. The van der Waals surface area contributed by atoms with E-state index in [1.54, 1.807) is 19.1 Å². The highest BCUT2D eigenvalue weighted by molar-refractivity contribution is 5.78. The van der Waals surface area contributed by atoms with Crippen molar-refractivity contribution >= 4 is 5.97 Å². The molecule has 0 aliphatic heterocycles. The van der Waals surface area contributed by atoms with Crippen LogP contribution in [0.1, 0.15) is 32.3 Å². The van der Waals surface area contributed by atoms with Crippen molar-refractivity contribution in [2.75, 3.05) is 13.7 Å². The summed E-state index contributed by atoms with van der Waals surface area (Å²) in [5, 5.41) is 0. The molecule has 0 amide bonds. The van der Waals surface area contributed by atoms with E-state index in [0.29, 0.717) is 12.2 Å². The fraction of sp³-hybridized carbons (Fsp3) is 0.500. The molecular weight excluding hydrogens is 235 g/mol. The summed E-state index contributed by atoms with van der Waals surface area (Å²) < 4.78 is 23.6. The number of carbonyl (C=O) groups excluding carboxylic acids is 1. The Hall–Kier alpha value is -1.58. The van der Waals surface area contributed by atoms with Crippen LogP contribution in [-0.4, -0.2) is 19.7 Å². The Morgan fingerprint density at radius 1 is 1.39 bits per heavy atom. The summed E-state index contributed by atoms with van der Waals surface area (Å²) in [6.45, 7) is 5.99. The second kappa shape index (κ2) is 6.38. The first kappa shape index (κ1) is 14.5. The molecule has 0 spiro atoms. The van der Waals surface area contributed by atoms with Gasteiger partial charge in [0.25, 0.3) is 0 Å². The summed E-state index contributed by atoms with van der Waals surface area (Å²) in [7, 11) is 1.34. The zero-order chi connectivity index (χ0) is 13.7. The maximum Gasteiger partial charge on any atom is 0.313 e. The smallest absolute Gasteiger partial charge is 0.313 e. The van der Waals surface area contributed by atoms with Gasteiger partial charge >= 0.3 is 5.97 Å². The summed E-state index contributed by atoms with van der Waals surface area (Å²) in [6.07, 6.45) is 0. The third-order valence-corrected chi connectivity index (χ3v) is 2.74. The van der Waals surface area contributed by atoms with Crippen molar-refractivity contribution in [2.45, 2.75) is 26.7 Å². The van der Waals surface area contributed by atoms with Gasteiger partial charge in [-0.25, -0.2) is 4.39 Å². The molecule has 3 nitrogen and oxygen atoms in total. The van der Waals surface area contributed by atoms with Crippen LogP contribution in [0.15, 0.2) is 18.2 Å². The van der Waals surface area contributed by atoms with E-state index in [0.717, 1.165) is 0 Å². The molecule has 0 aliphatic rings. The Balaban J connectivity index is 3.07. The van der Waals surface area contributed by atoms with E-state index in [1.807, 2.05) is 13.8 Å². The standard InChI is InChI=1S/C14H19FO3/c1-5-18-12-7-6-10(8-11(12)15)13(9(2)3)14(16)17-4/h6-9,13H,5H2,1-4H3. The first-order valence-corrected chi connectivity index (χ1v) is 6.01. The van der Waals surface area contributed by atoms with Crippen LogP contribution in [0.2, 0.25) is 0 Å². The van der Waals surface area contributed by atoms with Gasteiger partial charge in [-0.1, -0.05) is 19.9 Å². The molecule has 0 fully saturated rings. The van der Waals surface area contributed by atoms with Gasteiger partial charge in [0.2, 0.25) is 0 Å². The summed E-state index contributed by atoms with van der Waals surface area (Å²) in [4.78, 5) is 11.7. The Labute approximate surface area is 107 Å². The van der Waals surface area contributed by atoms with E-state index in [1.165, 1.54) is 13.2 Å². The van der Waals surface area contributed by atoms with Gasteiger partial charge in [0.1, 0.15) is 0 Å². The van der Waals surface area contributed by atoms with Crippen molar-refractivity contribution in [2.24, 2.45) is 5.92 Å². The molecule has 0 saturated carbocycles. The molecule has 18 heavy (non-hydrogen) atoms. The van der Waals surface area contributed by atoms with E-state index >= 15 is 0 Å². The zero-order valence-corrected chi connectivity index (χ0v) is 11.2. The van der Waals surface area contributed by atoms with E-state index in [-0.39, 0.29) is 17.6 Å². The number of benzene rings is 1. The second-order valence-corrected chi connectivity index (χ2v) is 4.37. The lowest BCUT2D eigenvalue weighted by Crippen LogP contribution is -2.19. The van der Waals surface area contributed by atoms with Crippen molar-refractivity contribution in [3.05, 3.63) is 29.6 Å². The topological polar surface area (TPSA) is 35.5 Å². The van der Waals surface area contributed by atoms with Gasteiger partial charge in [-0.3, -0.25) is 4.79 Å². The Kier molecular flexibility index (Phi) is 5.13. The number of hydrogen-bond donors (Lipinski definition) is 0. The van der Waals surface area contributed by atoms with Crippen LogP contribution < -0.4 is 4.74 Å². The summed E-state index contributed by atoms with van der Waals surface area (Å²) >= 11 is 0. The predicted octanol–water partition coefficient (Wildman–Crippen LogP) is 3.14. The molecule has 4 heteroatoms. The van der Waals surface area contributed by atoms with Gasteiger partial charge in [-0.2, -0.15) is 0 Å². The average molecular weight is 254 g/mol. The normalized spacial score (nSPS) is 12.3. The molecule has 1 aromatic rings. The lowest BCUT2D eigenvalue weighted by atomic mass is 9.88. The van der Waals surface area contributed by atoms with Crippen LogP contribution in [0.5, 0.6) is 5.75 Å². The van der Waals surface area contributed by atoms with Crippen LogP contribution in [0.4, 0.5) is 4.39 Å². The van der Waals surface area contributed by atoms with Crippen molar-refractivity contribution < 1.29 is 18.7 Å². The van der Waals surface area contributed by atoms with Crippen LogP contribution in [0, 0.1) is 11.7 Å². The van der Waals surface area contributed by atoms with Crippen LogP contribution in [0.25, 0.3) is 0 Å². The molecule has 0 aromatic heterocycles. The fourth-order valence-corrected chi connectivity index (χ4v) is 1.90. The molecule has 0 saturated heterocycles. The van der Waals surface area contributed by atoms with Crippen LogP contribution in [0.3, 0.4) is 0 Å².